The molecule has 4 nitrogen and oxygen atoms in total. The number of halogens is 1. The molecule has 0 aromatic rings. The fraction of sp³-hybridized carbons (Fsp3) is 0.941. The molecule has 0 radical (unpaired) electrons. The zero-order valence-corrected chi connectivity index (χ0v) is 15.1. The highest BCUT2D eigenvalue weighted by atomic mass is 35.5. The second kappa shape index (κ2) is 9.74. The highest BCUT2D eigenvalue weighted by molar-refractivity contribution is 5.85. The van der Waals surface area contributed by atoms with Gasteiger partial charge in [-0.2, -0.15) is 0 Å². The third kappa shape index (κ3) is 5.71. The molecule has 1 amide bonds. The SMILES string of the molecule is CCCC(N)C(=O)N1CCCC(CN2CCC(C)CC2)C1.Cl. The van der Waals surface area contributed by atoms with Crippen LogP contribution in [0.2, 0.25) is 0 Å². The lowest BCUT2D eigenvalue weighted by molar-refractivity contribution is -0.134. The number of rotatable bonds is 5. The van der Waals surface area contributed by atoms with E-state index in [-0.39, 0.29) is 24.4 Å². The molecule has 0 spiro atoms. The van der Waals surface area contributed by atoms with Crippen molar-refractivity contribution in [2.45, 2.75) is 58.4 Å². The molecule has 22 heavy (non-hydrogen) atoms. The smallest absolute Gasteiger partial charge is 0.239 e. The Balaban J connectivity index is 0.00000242. The van der Waals surface area contributed by atoms with Crippen LogP contribution in [0.1, 0.15) is 52.4 Å². The number of hydrogen-bond acceptors (Lipinski definition) is 3. The Morgan fingerprint density at radius 2 is 1.91 bits per heavy atom. The van der Waals surface area contributed by atoms with E-state index in [4.69, 9.17) is 5.73 Å². The number of carbonyl (C=O) groups is 1. The van der Waals surface area contributed by atoms with E-state index in [0.29, 0.717) is 5.92 Å². The highest BCUT2D eigenvalue weighted by Crippen LogP contribution is 2.22. The maximum atomic E-state index is 12.4. The molecule has 130 valence electrons. The molecule has 0 aromatic carbocycles. The molecule has 2 fully saturated rings. The summed E-state index contributed by atoms with van der Waals surface area (Å²) in [7, 11) is 0. The lowest BCUT2D eigenvalue weighted by Crippen LogP contribution is -2.50. The summed E-state index contributed by atoms with van der Waals surface area (Å²) in [5.41, 5.74) is 6.00. The summed E-state index contributed by atoms with van der Waals surface area (Å²) >= 11 is 0. The first-order valence-corrected chi connectivity index (χ1v) is 8.86. The van der Waals surface area contributed by atoms with Crippen molar-refractivity contribution in [3.63, 3.8) is 0 Å². The average Bonchev–Trinajstić information content (AvgIpc) is 2.49. The van der Waals surface area contributed by atoms with Crippen LogP contribution in [-0.4, -0.2) is 54.5 Å². The Morgan fingerprint density at radius 1 is 1.23 bits per heavy atom. The van der Waals surface area contributed by atoms with Gasteiger partial charge in [-0.05, 0) is 57.0 Å². The van der Waals surface area contributed by atoms with E-state index < -0.39 is 0 Å². The fourth-order valence-corrected chi connectivity index (χ4v) is 3.69. The molecule has 2 heterocycles. The van der Waals surface area contributed by atoms with Gasteiger partial charge in [-0.25, -0.2) is 0 Å². The van der Waals surface area contributed by atoms with Crippen molar-refractivity contribution >= 4 is 18.3 Å². The lowest BCUT2D eigenvalue weighted by atomic mass is 9.94. The van der Waals surface area contributed by atoms with E-state index in [1.54, 1.807) is 0 Å². The normalized spacial score (nSPS) is 25.6. The minimum Gasteiger partial charge on any atom is -0.341 e. The van der Waals surface area contributed by atoms with Crippen LogP contribution in [0.25, 0.3) is 0 Å². The topological polar surface area (TPSA) is 49.6 Å². The first-order valence-electron chi connectivity index (χ1n) is 8.86. The first kappa shape index (κ1) is 19.7. The molecule has 2 atom stereocenters. The molecule has 0 bridgehead atoms. The zero-order chi connectivity index (χ0) is 15.2. The second-order valence-electron chi connectivity index (χ2n) is 7.17. The molecule has 0 saturated carbocycles. The molecule has 2 saturated heterocycles. The van der Waals surface area contributed by atoms with Crippen molar-refractivity contribution in [1.29, 1.82) is 0 Å². The standard InChI is InChI=1S/C17H33N3O.ClH/c1-3-5-16(18)17(21)20-9-4-6-15(13-20)12-19-10-7-14(2)8-11-19;/h14-16H,3-13,18H2,1-2H3;1H. The molecule has 2 unspecified atom stereocenters. The maximum Gasteiger partial charge on any atom is 0.239 e. The third-order valence-corrected chi connectivity index (χ3v) is 5.14. The minimum absolute atomic E-state index is 0. The van der Waals surface area contributed by atoms with Crippen LogP contribution in [0.4, 0.5) is 0 Å². The number of hydrogen-bond donors (Lipinski definition) is 1. The largest absolute Gasteiger partial charge is 0.341 e. The van der Waals surface area contributed by atoms with E-state index in [9.17, 15) is 4.79 Å². The van der Waals surface area contributed by atoms with Crippen molar-refractivity contribution in [2.24, 2.45) is 17.6 Å². The van der Waals surface area contributed by atoms with Gasteiger partial charge in [0.25, 0.3) is 0 Å². The van der Waals surface area contributed by atoms with E-state index in [0.717, 1.165) is 38.3 Å². The summed E-state index contributed by atoms with van der Waals surface area (Å²) in [5.74, 6) is 1.71. The lowest BCUT2D eigenvalue weighted by Gasteiger charge is -2.38. The third-order valence-electron chi connectivity index (χ3n) is 5.14. The summed E-state index contributed by atoms with van der Waals surface area (Å²) in [6, 6.07) is -0.287. The highest BCUT2D eigenvalue weighted by Gasteiger charge is 2.28. The van der Waals surface area contributed by atoms with E-state index in [1.807, 2.05) is 4.90 Å². The van der Waals surface area contributed by atoms with Gasteiger partial charge in [0, 0.05) is 19.6 Å². The summed E-state index contributed by atoms with van der Waals surface area (Å²) in [6.07, 6.45) is 6.85. The number of nitrogens with zero attached hydrogens (tertiary/aromatic N) is 2. The molecular weight excluding hydrogens is 298 g/mol. The Morgan fingerprint density at radius 3 is 2.55 bits per heavy atom. The van der Waals surface area contributed by atoms with Crippen molar-refractivity contribution in [3.05, 3.63) is 0 Å². The van der Waals surface area contributed by atoms with Gasteiger partial charge in [0.05, 0.1) is 6.04 Å². The first-order chi connectivity index (χ1) is 10.1. The summed E-state index contributed by atoms with van der Waals surface area (Å²) in [4.78, 5) is 17.0. The van der Waals surface area contributed by atoms with Crippen molar-refractivity contribution in [2.75, 3.05) is 32.7 Å². The van der Waals surface area contributed by atoms with Gasteiger partial charge in [-0.3, -0.25) is 4.79 Å². The van der Waals surface area contributed by atoms with Crippen LogP contribution < -0.4 is 5.73 Å². The quantitative estimate of drug-likeness (QED) is 0.842. The van der Waals surface area contributed by atoms with Gasteiger partial charge in [-0.15, -0.1) is 12.4 Å². The Hall–Kier alpha value is -0.320. The van der Waals surface area contributed by atoms with Gasteiger partial charge in [0.1, 0.15) is 0 Å². The van der Waals surface area contributed by atoms with Crippen molar-refractivity contribution in [1.82, 2.24) is 9.80 Å². The summed E-state index contributed by atoms with van der Waals surface area (Å²) in [5, 5.41) is 0. The van der Waals surface area contributed by atoms with Gasteiger partial charge in [0.2, 0.25) is 5.91 Å². The van der Waals surface area contributed by atoms with Crippen LogP contribution in [0.15, 0.2) is 0 Å². The molecule has 5 heteroatoms. The molecule has 2 N–H and O–H groups in total. The van der Waals surface area contributed by atoms with Crippen LogP contribution in [0.5, 0.6) is 0 Å². The van der Waals surface area contributed by atoms with Gasteiger partial charge in [-0.1, -0.05) is 20.3 Å². The summed E-state index contributed by atoms with van der Waals surface area (Å²) < 4.78 is 0. The van der Waals surface area contributed by atoms with Gasteiger partial charge < -0.3 is 15.5 Å². The predicted octanol–water partition coefficient (Wildman–Crippen LogP) is 2.51. The molecule has 0 aliphatic carbocycles. The molecule has 0 aromatic heterocycles. The van der Waals surface area contributed by atoms with Crippen molar-refractivity contribution < 1.29 is 4.79 Å². The number of piperidine rings is 2. The maximum absolute atomic E-state index is 12.4. The molecular formula is C17H34ClN3O. The fourth-order valence-electron chi connectivity index (χ4n) is 3.69. The molecule has 2 aliphatic rings. The molecule has 2 rings (SSSR count). The number of likely N-dealkylation sites (tertiary alicyclic amines) is 2. The van der Waals surface area contributed by atoms with E-state index in [2.05, 4.69) is 18.7 Å². The van der Waals surface area contributed by atoms with Crippen molar-refractivity contribution in [3.8, 4) is 0 Å². The van der Waals surface area contributed by atoms with Crippen LogP contribution >= 0.6 is 12.4 Å². The van der Waals surface area contributed by atoms with Crippen LogP contribution in [-0.2, 0) is 4.79 Å². The Labute approximate surface area is 142 Å². The zero-order valence-electron chi connectivity index (χ0n) is 14.3. The number of amides is 1. The van der Waals surface area contributed by atoms with Gasteiger partial charge >= 0.3 is 0 Å². The number of nitrogens with two attached hydrogens (primary N) is 1. The van der Waals surface area contributed by atoms with E-state index >= 15 is 0 Å². The predicted molar refractivity (Wildman–Crippen MR) is 94.3 cm³/mol. The van der Waals surface area contributed by atoms with E-state index in [1.165, 1.54) is 38.9 Å². The van der Waals surface area contributed by atoms with Gasteiger partial charge in [0.15, 0.2) is 0 Å². The van der Waals surface area contributed by atoms with Crippen LogP contribution in [0, 0.1) is 11.8 Å². The average molecular weight is 332 g/mol. The Bertz CT molecular complexity index is 332. The Kier molecular flexibility index (Phi) is 8.73. The second-order valence-corrected chi connectivity index (χ2v) is 7.17. The molecule has 2 aliphatic heterocycles. The minimum atomic E-state index is -0.287. The number of carbonyl (C=O) groups excluding carboxylic acids is 1. The monoisotopic (exact) mass is 331 g/mol. The van der Waals surface area contributed by atoms with Crippen LogP contribution in [0.3, 0.4) is 0 Å². The summed E-state index contributed by atoms with van der Waals surface area (Å²) in [6.45, 7) is 9.91.